The fourth-order valence-corrected chi connectivity index (χ4v) is 2.47. The fraction of sp³-hybridized carbons (Fsp3) is 0.133. The normalized spacial score (nSPS) is 10.4. The first-order valence-electron chi connectivity index (χ1n) is 6.27. The van der Waals surface area contributed by atoms with Crippen LogP contribution in [0.4, 0.5) is 11.4 Å². The summed E-state index contributed by atoms with van der Waals surface area (Å²) >= 11 is 8.16. The average Bonchev–Trinajstić information content (AvgIpc) is 2.48. The predicted molar refractivity (Wildman–Crippen MR) is 93.8 cm³/mol. The molecule has 21 heavy (non-hydrogen) atoms. The van der Waals surface area contributed by atoms with Gasteiger partial charge < -0.3 is 15.7 Å². The van der Waals surface area contributed by atoms with E-state index in [0.717, 1.165) is 3.57 Å². The quantitative estimate of drug-likeness (QED) is 0.594. The lowest BCUT2D eigenvalue weighted by molar-refractivity contribution is 0.0981. The van der Waals surface area contributed by atoms with Gasteiger partial charge in [0.15, 0.2) is 0 Å². The van der Waals surface area contributed by atoms with Gasteiger partial charge in [0.25, 0.3) is 5.91 Å². The Hall–Kier alpha value is -1.31. The Labute approximate surface area is 141 Å². The van der Waals surface area contributed by atoms with Gasteiger partial charge in [-0.05, 0) is 52.9 Å². The number of carbonyl (C=O) groups excluding carboxylic acids is 1. The molecule has 0 radical (unpaired) electrons. The van der Waals surface area contributed by atoms with Crippen molar-refractivity contribution in [1.29, 1.82) is 0 Å². The molecule has 2 aromatic carbocycles. The third-order valence-electron chi connectivity index (χ3n) is 2.96. The second kappa shape index (κ2) is 7.11. The Morgan fingerprint density at radius 2 is 2.00 bits per heavy atom. The maximum Gasteiger partial charge on any atom is 0.258 e. The highest BCUT2D eigenvalue weighted by atomic mass is 127. The predicted octanol–water partition coefficient (Wildman–Crippen LogP) is 3.17. The van der Waals surface area contributed by atoms with Crippen molar-refractivity contribution in [3.8, 4) is 0 Å². The van der Waals surface area contributed by atoms with Crippen LogP contribution in [0.2, 0.25) is 5.02 Å². The van der Waals surface area contributed by atoms with Crippen molar-refractivity contribution in [2.75, 3.05) is 23.8 Å². The van der Waals surface area contributed by atoms with Gasteiger partial charge in [-0.15, -0.1) is 0 Å². The lowest BCUT2D eigenvalue weighted by Crippen LogP contribution is -2.34. The number of carbonyl (C=O) groups is 1. The number of rotatable bonds is 4. The van der Waals surface area contributed by atoms with Crippen LogP contribution in [0, 0.1) is 3.57 Å². The van der Waals surface area contributed by atoms with Crippen LogP contribution in [0.3, 0.4) is 0 Å². The Bertz CT molecular complexity index is 664. The maximum atomic E-state index is 12.6. The van der Waals surface area contributed by atoms with Gasteiger partial charge in [0.1, 0.15) is 0 Å². The molecular weight excluding hydrogens is 403 g/mol. The largest absolute Gasteiger partial charge is 0.397 e. The van der Waals surface area contributed by atoms with Gasteiger partial charge in [-0.25, -0.2) is 0 Å². The zero-order valence-corrected chi connectivity index (χ0v) is 14.0. The van der Waals surface area contributed by atoms with E-state index in [9.17, 15) is 9.90 Å². The van der Waals surface area contributed by atoms with E-state index in [1.165, 1.54) is 4.90 Å². The molecule has 0 aromatic heterocycles. The molecule has 0 aliphatic heterocycles. The lowest BCUT2D eigenvalue weighted by atomic mass is 10.1. The molecule has 3 N–H and O–H groups in total. The van der Waals surface area contributed by atoms with Crippen LogP contribution in [0.25, 0.3) is 0 Å². The highest BCUT2D eigenvalue weighted by molar-refractivity contribution is 14.1. The highest BCUT2D eigenvalue weighted by Gasteiger charge is 2.19. The first kappa shape index (κ1) is 16.1. The molecule has 0 aliphatic carbocycles. The average molecular weight is 417 g/mol. The molecule has 0 aliphatic rings. The number of anilines is 2. The van der Waals surface area contributed by atoms with Crippen LogP contribution in [0.15, 0.2) is 42.5 Å². The molecule has 0 bridgehead atoms. The SMILES string of the molecule is Nc1ccccc1N(CCO)C(=O)c1ccc(I)c(Cl)c1. The molecule has 1 amide bonds. The number of nitrogen functional groups attached to an aromatic ring is 1. The Kier molecular flexibility index (Phi) is 5.44. The van der Waals surface area contributed by atoms with Crippen molar-refractivity contribution in [2.24, 2.45) is 0 Å². The topological polar surface area (TPSA) is 66.6 Å². The molecule has 0 fully saturated rings. The van der Waals surface area contributed by atoms with Crippen molar-refractivity contribution in [2.45, 2.75) is 0 Å². The van der Waals surface area contributed by atoms with Gasteiger partial charge in [-0.2, -0.15) is 0 Å². The summed E-state index contributed by atoms with van der Waals surface area (Å²) in [6, 6.07) is 12.2. The van der Waals surface area contributed by atoms with E-state index in [4.69, 9.17) is 17.3 Å². The third-order valence-corrected chi connectivity index (χ3v) is 4.54. The van der Waals surface area contributed by atoms with Crippen LogP contribution >= 0.6 is 34.2 Å². The number of aliphatic hydroxyl groups excluding tert-OH is 1. The van der Waals surface area contributed by atoms with Gasteiger partial charge in [0.05, 0.1) is 23.0 Å². The summed E-state index contributed by atoms with van der Waals surface area (Å²) in [6.07, 6.45) is 0. The molecule has 0 unspecified atom stereocenters. The Morgan fingerprint density at radius 3 is 2.62 bits per heavy atom. The van der Waals surface area contributed by atoms with Crippen molar-refractivity contribution < 1.29 is 9.90 Å². The maximum absolute atomic E-state index is 12.6. The van der Waals surface area contributed by atoms with Gasteiger partial charge in [0.2, 0.25) is 0 Å². The summed E-state index contributed by atoms with van der Waals surface area (Å²) in [5, 5.41) is 9.74. The molecule has 0 heterocycles. The zero-order valence-electron chi connectivity index (χ0n) is 11.1. The molecule has 110 valence electrons. The van der Waals surface area contributed by atoms with Crippen molar-refractivity contribution in [1.82, 2.24) is 0 Å². The second-order valence-electron chi connectivity index (χ2n) is 4.37. The van der Waals surface area contributed by atoms with E-state index in [1.807, 2.05) is 0 Å². The molecule has 0 saturated carbocycles. The van der Waals surface area contributed by atoms with E-state index in [1.54, 1.807) is 42.5 Å². The van der Waals surface area contributed by atoms with E-state index in [2.05, 4.69) is 22.6 Å². The summed E-state index contributed by atoms with van der Waals surface area (Å²) in [6.45, 7) is 0.00876. The fourth-order valence-electron chi connectivity index (χ4n) is 1.95. The number of hydrogen-bond donors (Lipinski definition) is 2. The van der Waals surface area contributed by atoms with Gasteiger partial charge in [-0.3, -0.25) is 4.79 Å². The minimum atomic E-state index is -0.250. The first-order chi connectivity index (χ1) is 10.0. The minimum Gasteiger partial charge on any atom is -0.397 e. The number of nitrogens with zero attached hydrogens (tertiary/aromatic N) is 1. The highest BCUT2D eigenvalue weighted by Crippen LogP contribution is 2.26. The lowest BCUT2D eigenvalue weighted by Gasteiger charge is -2.23. The van der Waals surface area contributed by atoms with Crippen LogP contribution < -0.4 is 10.6 Å². The van der Waals surface area contributed by atoms with Gasteiger partial charge >= 0.3 is 0 Å². The monoisotopic (exact) mass is 416 g/mol. The van der Waals surface area contributed by atoms with Crippen LogP contribution in [-0.4, -0.2) is 24.2 Å². The van der Waals surface area contributed by atoms with Crippen molar-refractivity contribution >= 4 is 51.5 Å². The van der Waals surface area contributed by atoms with Gasteiger partial charge in [-0.1, -0.05) is 23.7 Å². The number of hydrogen-bond acceptors (Lipinski definition) is 3. The van der Waals surface area contributed by atoms with E-state index in [-0.39, 0.29) is 19.1 Å². The Morgan fingerprint density at radius 1 is 1.29 bits per heavy atom. The molecular formula is C15H14ClIN2O2. The number of benzene rings is 2. The molecule has 0 saturated heterocycles. The number of aliphatic hydroxyl groups is 1. The van der Waals surface area contributed by atoms with Crippen LogP contribution in [0.1, 0.15) is 10.4 Å². The van der Waals surface area contributed by atoms with Crippen LogP contribution in [-0.2, 0) is 0 Å². The summed E-state index contributed by atoms with van der Waals surface area (Å²) in [7, 11) is 0. The summed E-state index contributed by atoms with van der Waals surface area (Å²) in [5.74, 6) is -0.250. The molecule has 2 aromatic rings. The number of nitrogens with two attached hydrogens (primary N) is 1. The Balaban J connectivity index is 2.40. The van der Waals surface area contributed by atoms with E-state index < -0.39 is 0 Å². The van der Waals surface area contributed by atoms with Crippen LogP contribution in [0.5, 0.6) is 0 Å². The number of para-hydroxylation sites is 2. The zero-order chi connectivity index (χ0) is 15.4. The van der Waals surface area contributed by atoms with Gasteiger partial charge in [0, 0.05) is 15.7 Å². The summed E-state index contributed by atoms with van der Waals surface area (Å²) < 4.78 is 0.874. The van der Waals surface area contributed by atoms with E-state index in [0.29, 0.717) is 22.0 Å². The van der Waals surface area contributed by atoms with Crippen molar-refractivity contribution in [3.63, 3.8) is 0 Å². The molecule has 2 rings (SSSR count). The first-order valence-corrected chi connectivity index (χ1v) is 7.72. The smallest absolute Gasteiger partial charge is 0.258 e. The molecule has 0 spiro atoms. The summed E-state index contributed by atoms with van der Waals surface area (Å²) in [5.41, 5.74) is 7.43. The number of amides is 1. The standard InChI is InChI=1S/C15H14ClIN2O2/c16-11-9-10(5-6-12(11)17)15(21)19(7-8-20)14-4-2-1-3-13(14)18/h1-6,9,20H,7-8,18H2. The number of halogens is 2. The molecule has 0 atom stereocenters. The third kappa shape index (κ3) is 3.66. The minimum absolute atomic E-state index is 0.155. The van der Waals surface area contributed by atoms with Crippen molar-refractivity contribution in [3.05, 3.63) is 56.6 Å². The second-order valence-corrected chi connectivity index (χ2v) is 5.94. The van der Waals surface area contributed by atoms with E-state index >= 15 is 0 Å². The molecule has 4 nitrogen and oxygen atoms in total. The summed E-state index contributed by atoms with van der Waals surface area (Å²) in [4.78, 5) is 14.1. The molecule has 6 heteroatoms.